The van der Waals surface area contributed by atoms with Crippen molar-refractivity contribution in [2.45, 2.75) is 18.8 Å². The fraction of sp³-hybridized carbons (Fsp3) is 0.261. The lowest BCUT2D eigenvalue weighted by Gasteiger charge is -2.24. The van der Waals surface area contributed by atoms with Gasteiger partial charge in [-0.2, -0.15) is 0 Å². The molecule has 3 aromatic rings. The van der Waals surface area contributed by atoms with Gasteiger partial charge < -0.3 is 24.6 Å². The van der Waals surface area contributed by atoms with Gasteiger partial charge in [0, 0.05) is 50.7 Å². The number of benzene rings is 2. The second-order valence-corrected chi connectivity index (χ2v) is 7.88. The Hall–Kier alpha value is -3.69. The van der Waals surface area contributed by atoms with Crippen molar-refractivity contribution in [1.29, 1.82) is 0 Å². The van der Waals surface area contributed by atoms with Crippen LogP contribution in [0.3, 0.4) is 0 Å². The number of hydrogen-bond donors (Lipinski definition) is 2. The topological polar surface area (TPSA) is 112 Å². The quantitative estimate of drug-likeness (QED) is 0.453. The number of anilines is 2. The lowest BCUT2D eigenvalue weighted by atomic mass is 10.1. The van der Waals surface area contributed by atoms with Crippen molar-refractivity contribution in [3.63, 3.8) is 0 Å². The number of nitro groups is 1. The number of likely N-dealkylation sites (tertiary alicyclic amines) is 1. The molecule has 0 aliphatic carbocycles. The van der Waals surface area contributed by atoms with Gasteiger partial charge in [-0.05, 0) is 23.8 Å². The second kappa shape index (κ2) is 8.81. The van der Waals surface area contributed by atoms with Crippen LogP contribution >= 0.6 is 0 Å². The third kappa shape index (κ3) is 4.34. The second-order valence-electron chi connectivity index (χ2n) is 7.88. The zero-order valence-electron chi connectivity index (χ0n) is 17.5. The number of aliphatic hydroxyl groups is 2. The summed E-state index contributed by atoms with van der Waals surface area (Å²) in [6.07, 6.45) is -0.0812. The van der Waals surface area contributed by atoms with E-state index in [0.29, 0.717) is 12.2 Å². The predicted octanol–water partition coefficient (Wildman–Crippen LogP) is 2.45. The molecule has 0 radical (unpaired) electrons. The third-order valence-corrected chi connectivity index (χ3v) is 5.62. The largest absolute Gasteiger partial charge is 0.388 e. The summed E-state index contributed by atoms with van der Waals surface area (Å²) in [5.41, 5.74) is 2.95. The molecular weight excluding hydrogens is 412 g/mol. The number of nitro benzene ring substituents is 1. The van der Waals surface area contributed by atoms with Crippen molar-refractivity contribution in [2.75, 3.05) is 18.0 Å². The molecule has 0 unspecified atom stereocenters. The number of nitrogens with zero attached hydrogens (tertiary/aromatic N) is 4. The zero-order valence-corrected chi connectivity index (χ0v) is 17.5. The molecule has 0 bridgehead atoms. The molecule has 0 saturated carbocycles. The standard InChI is InChI=1S/C23H24N4O5/c1-24-13-19(11-20(24)23(30)25-14-21(28)22(29)15-25)26(12-16-5-3-2-4-6-16)17-7-9-18(10-8-17)27(31)32/h2-11,13,21-22,28-29H,12,14-15H2,1H3/t21-,22-/m0/s1. The molecule has 1 fully saturated rings. The summed E-state index contributed by atoms with van der Waals surface area (Å²) in [7, 11) is 1.76. The fourth-order valence-corrected chi connectivity index (χ4v) is 3.86. The van der Waals surface area contributed by atoms with Crippen LogP contribution in [-0.4, -0.2) is 55.8 Å². The van der Waals surface area contributed by atoms with Gasteiger partial charge in [-0.15, -0.1) is 0 Å². The van der Waals surface area contributed by atoms with E-state index in [2.05, 4.69) is 0 Å². The van der Waals surface area contributed by atoms with Crippen molar-refractivity contribution < 1.29 is 19.9 Å². The monoisotopic (exact) mass is 436 g/mol. The minimum Gasteiger partial charge on any atom is -0.388 e. The average Bonchev–Trinajstić information content (AvgIpc) is 3.34. The maximum Gasteiger partial charge on any atom is 0.270 e. The van der Waals surface area contributed by atoms with Crippen molar-refractivity contribution in [3.8, 4) is 0 Å². The maximum atomic E-state index is 13.0. The minimum absolute atomic E-state index is 0.00323. The molecule has 32 heavy (non-hydrogen) atoms. The van der Waals surface area contributed by atoms with Gasteiger partial charge in [0.05, 0.1) is 22.8 Å². The molecule has 1 aromatic heterocycles. The summed E-state index contributed by atoms with van der Waals surface area (Å²) >= 11 is 0. The smallest absolute Gasteiger partial charge is 0.270 e. The van der Waals surface area contributed by atoms with E-state index >= 15 is 0 Å². The van der Waals surface area contributed by atoms with Crippen molar-refractivity contribution >= 4 is 23.0 Å². The van der Waals surface area contributed by atoms with Crippen molar-refractivity contribution in [3.05, 3.63) is 88.2 Å². The van der Waals surface area contributed by atoms with Gasteiger partial charge in [-0.3, -0.25) is 14.9 Å². The van der Waals surface area contributed by atoms with E-state index in [1.54, 1.807) is 29.8 Å². The highest BCUT2D eigenvalue weighted by Crippen LogP contribution is 2.31. The first-order valence-corrected chi connectivity index (χ1v) is 10.2. The summed E-state index contributed by atoms with van der Waals surface area (Å²) in [6.45, 7) is 0.657. The van der Waals surface area contributed by atoms with E-state index in [4.69, 9.17) is 0 Å². The van der Waals surface area contributed by atoms with Crippen LogP contribution < -0.4 is 4.90 Å². The number of hydrogen-bond acceptors (Lipinski definition) is 6. The molecule has 2 aromatic carbocycles. The van der Waals surface area contributed by atoms with Gasteiger partial charge in [-0.1, -0.05) is 30.3 Å². The Kier molecular flexibility index (Phi) is 5.93. The molecule has 1 saturated heterocycles. The Labute approximate surface area is 184 Å². The summed E-state index contributed by atoms with van der Waals surface area (Å²) < 4.78 is 1.71. The lowest BCUT2D eigenvalue weighted by molar-refractivity contribution is -0.384. The van der Waals surface area contributed by atoms with Gasteiger partial charge in [-0.25, -0.2) is 0 Å². The molecular formula is C23H24N4O5. The van der Waals surface area contributed by atoms with E-state index in [9.17, 15) is 25.1 Å². The number of non-ortho nitro benzene ring substituents is 1. The molecule has 1 aliphatic heterocycles. The number of carbonyl (C=O) groups is 1. The summed E-state index contributed by atoms with van der Waals surface area (Å²) in [5, 5.41) is 30.6. The Morgan fingerprint density at radius 3 is 2.28 bits per heavy atom. The van der Waals surface area contributed by atoms with Crippen LogP contribution in [0.4, 0.5) is 17.1 Å². The molecule has 9 nitrogen and oxygen atoms in total. The first kappa shape index (κ1) is 21.5. The van der Waals surface area contributed by atoms with Gasteiger partial charge >= 0.3 is 0 Å². The van der Waals surface area contributed by atoms with Crippen LogP contribution in [0.15, 0.2) is 66.9 Å². The van der Waals surface area contributed by atoms with E-state index in [-0.39, 0.29) is 24.7 Å². The van der Waals surface area contributed by atoms with Crippen LogP contribution in [0.1, 0.15) is 16.1 Å². The third-order valence-electron chi connectivity index (χ3n) is 5.62. The number of rotatable bonds is 6. The van der Waals surface area contributed by atoms with E-state index in [0.717, 1.165) is 16.9 Å². The van der Waals surface area contributed by atoms with Crippen LogP contribution in [0, 0.1) is 10.1 Å². The number of β-amino-alcohol motifs (C(OH)–C–C–N with tert-alkyl or cyclic N) is 2. The first-order valence-electron chi connectivity index (χ1n) is 10.2. The zero-order chi connectivity index (χ0) is 22.8. The van der Waals surface area contributed by atoms with Gasteiger partial charge in [0.2, 0.25) is 0 Å². The van der Waals surface area contributed by atoms with Crippen LogP contribution in [0.5, 0.6) is 0 Å². The van der Waals surface area contributed by atoms with Gasteiger partial charge in [0.15, 0.2) is 0 Å². The first-order chi connectivity index (χ1) is 15.3. The molecule has 2 N–H and O–H groups in total. The Morgan fingerprint density at radius 1 is 1.06 bits per heavy atom. The average molecular weight is 436 g/mol. The van der Waals surface area contributed by atoms with Gasteiger partial charge in [0.1, 0.15) is 5.69 Å². The summed E-state index contributed by atoms with van der Waals surface area (Å²) in [6, 6.07) is 17.8. The van der Waals surface area contributed by atoms with E-state index in [1.807, 2.05) is 41.4 Å². The Morgan fingerprint density at radius 2 is 1.69 bits per heavy atom. The fourth-order valence-electron chi connectivity index (χ4n) is 3.86. The lowest BCUT2D eigenvalue weighted by Crippen LogP contribution is -2.31. The number of aromatic nitrogens is 1. The normalized spacial score (nSPS) is 18.0. The van der Waals surface area contributed by atoms with Crippen LogP contribution in [0.2, 0.25) is 0 Å². The van der Waals surface area contributed by atoms with E-state index in [1.165, 1.54) is 17.0 Å². The molecule has 0 spiro atoms. The highest BCUT2D eigenvalue weighted by molar-refractivity contribution is 5.94. The highest BCUT2D eigenvalue weighted by atomic mass is 16.6. The van der Waals surface area contributed by atoms with Crippen molar-refractivity contribution in [1.82, 2.24) is 9.47 Å². The Balaban J connectivity index is 1.67. The van der Waals surface area contributed by atoms with E-state index < -0.39 is 17.1 Å². The summed E-state index contributed by atoms with van der Waals surface area (Å²) in [5.74, 6) is -0.280. The Bertz CT molecular complexity index is 1100. The molecule has 2 atom stereocenters. The van der Waals surface area contributed by atoms with Crippen LogP contribution in [0.25, 0.3) is 0 Å². The number of aryl methyl sites for hydroxylation is 1. The van der Waals surface area contributed by atoms with Crippen molar-refractivity contribution in [2.24, 2.45) is 7.05 Å². The molecule has 1 aliphatic rings. The molecule has 166 valence electrons. The molecule has 2 heterocycles. The number of carbonyl (C=O) groups excluding carboxylic acids is 1. The van der Waals surface area contributed by atoms with Crippen LogP contribution in [-0.2, 0) is 13.6 Å². The maximum absolute atomic E-state index is 13.0. The number of aliphatic hydroxyl groups excluding tert-OH is 2. The molecule has 9 heteroatoms. The molecule has 4 rings (SSSR count). The summed E-state index contributed by atoms with van der Waals surface area (Å²) in [4.78, 5) is 27.0. The number of amides is 1. The van der Waals surface area contributed by atoms with Gasteiger partial charge in [0.25, 0.3) is 11.6 Å². The molecule has 1 amide bonds. The minimum atomic E-state index is -0.951. The SMILES string of the molecule is Cn1cc(N(Cc2ccccc2)c2ccc([N+](=O)[O-])cc2)cc1C(=O)N1C[C@H](O)[C@@H](O)C1. The highest BCUT2D eigenvalue weighted by Gasteiger charge is 2.34. The predicted molar refractivity (Wildman–Crippen MR) is 119 cm³/mol.